The van der Waals surface area contributed by atoms with Crippen molar-refractivity contribution < 1.29 is 9.53 Å². The van der Waals surface area contributed by atoms with Gasteiger partial charge in [0, 0.05) is 26.2 Å². The van der Waals surface area contributed by atoms with E-state index in [1.807, 2.05) is 4.90 Å². The van der Waals surface area contributed by atoms with Crippen LogP contribution in [0.1, 0.15) is 25.7 Å². The van der Waals surface area contributed by atoms with E-state index in [1.165, 1.54) is 0 Å². The van der Waals surface area contributed by atoms with E-state index in [2.05, 4.69) is 5.32 Å². The molecule has 0 aliphatic carbocycles. The first-order chi connectivity index (χ1) is 7.36. The normalized spacial score (nSPS) is 26.0. The monoisotopic (exact) mass is 248 g/mol. The maximum Gasteiger partial charge on any atom is 0.225 e. The van der Waals surface area contributed by atoms with Crippen LogP contribution in [0.5, 0.6) is 0 Å². The van der Waals surface area contributed by atoms with Crippen molar-refractivity contribution in [2.75, 3.05) is 32.8 Å². The Morgan fingerprint density at radius 2 is 2.19 bits per heavy atom. The van der Waals surface area contributed by atoms with Gasteiger partial charge in [0.15, 0.2) is 0 Å². The number of carbonyl (C=O) groups is 1. The van der Waals surface area contributed by atoms with Crippen molar-refractivity contribution in [2.24, 2.45) is 0 Å². The maximum absolute atomic E-state index is 11.9. The Hall–Kier alpha value is -0.320. The zero-order valence-electron chi connectivity index (χ0n) is 9.61. The highest BCUT2D eigenvalue weighted by Crippen LogP contribution is 2.16. The summed E-state index contributed by atoms with van der Waals surface area (Å²) in [6.07, 6.45) is 4.00. The zero-order chi connectivity index (χ0) is 10.5. The summed E-state index contributed by atoms with van der Waals surface area (Å²) in [7, 11) is 0. The molecule has 0 spiro atoms. The van der Waals surface area contributed by atoms with Gasteiger partial charge in [0.25, 0.3) is 0 Å². The molecule has 1 unspecified atom stereocenters. The molecule has 0 bridgehead atoms. The van der Waals surface area contributed by atoms with E-state index in [9.17, 15) is 4.79 Å². The van der Waals surface area contributed by atoms with Crippen LogP contribution in [0.4, 0.5) is 0 Å². The second kappa shape index (κ2) is 7.09. The second-order valence-electron chi connectivity index (χ2n) is 4.32. The predicted molar refractivity (Wildman–Crippen MR) is 64.9 cm³/mol. The van der Waals surface area contributed by atoms with Crippen molar-refractivity contribution in [2.45, 2.75) is 31.8 Å². The van der Waals surface area contributed by atoms with Gasteiger partial charge in [-0.05, 0) is 25.8 Å². The number of hydrogen-bond donors (Lipinski definition) is 1. The fourth-order valence-corrected chi connectivity index (χ4v) is 2.22. The lowest BCUT2D eigenvalue weighted by molar-refractivity contribution is -0.133. The van der Waals surface area contributed by atoms with Gasteiger partial charge in [0.1, 0.15) is 0 Å². The molecular formula is C11H21ClN2O2. The Balaban J connectivity index is 0.00000128. The summed E-state index contributed by atoms with van der Waals surface area (Å²) in [5.41, 5.74) is 0. The summed E-state index contributed by atoms with van der Waals surface area (Å²) in [5, 5.41) is 3.30. The molecule has 0 radical (unpaired) electrons. The SMILES string of the molecule is Cl.O=C(CC1CCCO1)N1CCCNCC1. The van der Waals surface area contributed by atoms with Crippen LogP contribution in [0, 0.1) is 0 Å². The predicted octanol–water partition coefficient (Wildman–Crippen LogP) is 0.799. The standard InChI is InChI=1S/C11H20N2O2.ClH/c14-11(9-10-3-1-8-15-10)13-6-2-4-12-5-7-13;/h10,12H,1-9H2;1H. The van der Waals surface area contributed by atoms with Crippen LogP contribution in [0.25, 0.3) is 0 Å². The highest BCUT2D eigenvalue weighted by Gasteiger charge is 2.22. The highest BCUT2D eigenvalue weighted by atomic mass is 35.5. The highest BCUT2D eigenvalue weighted by molar-refractivity contribution is 5.85. The average molecular weight is 249 g/mol. The van der Waals surface area contributed by atoms with Gasteiger partial charge in [0.2, 0.25) is 5.91 Å². The molecule has 2 fully saturated rings. The number of nitrogens with zero attached hydrogens (tertiary/aromatic N) is 1. The van der Waals surface area contributed by atoms with Crippen molar-refractivity contribution in [1.82, 2.24) is 10.2 Å². The van der Waals surface area contributed by atoms with Crippen LogP contribution < -0.4 is 5.32 Å². The molecule has 2 aliphatic rings. The summed E-state index contributed by atoms with van der Waals surface area (Å²) in [6, 6.07) is 0. The molecule has 4 nitrogen and oxygen atoms in total. The first-order valence-electron chi connectivity index (χ1n) is 5.96. The van der Waals surface area contributed by atoms with Crippen molar-refractivity contribution in [3.05, 3.63) is 0 Å². The Morgan fingerprint density at radius 1 is 1.31 bits per heavy atom. The van der Waals surface area contributed by atoms with E-state index >= 15 is 0 Å². The van der Waals surface area contributed by atoms with Gasteiger partial charge in [-0.2, -0.15) is 0 Å². The van der Waals surface area contributed by atoms with E-state index in [1.54, 1.807) is 0 Å². The number of rotatable bonds is 2. The van der Waals surface area contributed by atoms with Crippen molar-refractivity contribution in [1.29, 1.82) is 0 Å². The van der Waals surface area contributed by atoms with Crippen LogP contribution in [-0.4, -0.2) is 49.7 Å². The van der Waals surface area contributed by atoms with Gasteiger partial charge in [-0.1, -0.05) is 0 Å². The van der Waals surface area contributed by atoms with E-state index < -0.39 is 0 Å². The quantitative estimate of drug-likeness (QED) is 0.786. The minimum atomic E-state index is 0. The zero-order valence-corrected chi connectivity index (χ0v) is 10.4. The smallest absolute Gasteiger partial charge is 0.225 e. The molecule has 0 aromatic heterocycles. The van der Waals surface area contributed by atoms with Crippen LogP contribution >= 0.6 is 12.4 Å². The molecule has 1 amide bonds. The fourth-order valence-electron chi connectivity index (χ4n) is 2.22. The molecule has 0 aromatic carbocycles. The van der Waals surface area contributed by atoms with Crippen molar-refractivity contribution in [3.63, 3.8) is 0 Å². The third kappa shape index (κ3) is 3.92. The lowest BCUT2D eigenvalue weighted by atomic mass is 10.1. The van der Waals surface area contributed by atoms with Crippen LogP contribution in [-0.2, 0) is 9.53 Å². The van der Waals surface area contributed by atoms with Crippen molar-refractivity contribution >= 4 is 18.3 Å². The molecule has 1 N–H and O–H groups in total. The molecule has 16 heavy (non-hydrogen) atoms. The van der Waals surface area contributed by atoms with E-state index in [0.29, 0.717) is 6.42 Å². The summed E-state index contributed by atoms with van der Waals surface area (Å²) >= 11 is 0. The van der Waals surface area contributed by atoms with E-state index in [4.69, 9.17) is 4.74 Å². The minimum absolute atomic E-state index is 0. The molecule has 2 rings (SSSR count). The van der Waals surface area contributed by atoms with E-state index in [0.717, 1.165) is 52.0 Å². The number of amides is 1. The van der Waals surface area contributed by atoms with Gasteiger partial charge < -0.3 is 15.0 Å². The van der Waals surface area contributed by atoms with Gasteiger partial charge in [-0.25, -0.2) is 0 Å². The largest absolute Gasteiger partial charge is 0.378 e. The van der Waals surface area contributed by atoms with Crippen LogP contribution in [0.3, 0.4) is 0 Å². The topological polar surface area (TPSA) is 41.6 Å². The van der Waals surface area contributed by atoms with Crippen molar-refractivity contribution in [3.8, 4) is 0 Å². The second-order valence-corrected chi connectivity index (χ2v) is 4.32. The molecule has 5 heteroatoms. The lowest BCUT2D eigenvalue weighted by Gasteiger charge is -2.21. The number of ether oxygens (including phenoxy) is 1. The molecule has 0 aromatic rings. The fraction of sp³-hybridized carbons (Fsp3) is 0.909. The van der Waals surface area contributed by atoms with Gasteiger partial charge >= 0.3 is 0 Å². The molecular weight excluding hydrogens is 228 g/mol. The Bertz CT molecular complexity index is 212. The average Bonchev–Trinajstić information content (AvgIpc) is 2.58. The molecule has 0 saturated carbocycles. The summed E-state index contributed by atoms with van der Waals surface area (Å²) in [5.74, 6) is 0.269. The lowest BCUT2D eigenvalue weighted by Crippen LogP contribution is -2.35. The summed E-state index contributed by atoms with van der Waals surface area (Å²) in [6.45, 7) is 4.55. The van der Waals surface area contributed by atoms with Gasteiger partial charge in [0.05, 0.1) is 12.5 Å². The number of hydrogen-bond acceptors (Lipinski definition) is 3. The molecule has 2 heterocycles. The minimum Gasteiger partial charge on any atom is -0.378 e. The Morgan fingerprint density at radius 3 is 2.94 bits per heavy atom. The number of nitrogens with one attached hydrogen (secondary N) is 1. The Labute approximate surface area is 103 Å². The first-order valence-corrected chi connectivity index (χ1v) is 5.96. The summed E-state index contributed by atoms with van der Waals surface area (Å²) < 4.78 is 5.48. The van der Waals surface area contributed by atoms with E-state index in [-0.39, 0.29) is 24.4 Å². The number of halogens is 1. The molecule has 2 saturated heterocycles. The van der Waals surface area contributed by atoms with Crippen LogP contribution in [0.15, 0.2) is 0 Å². The Kier molecular flexibility index (Phi) is 6.09. The van der Waals surface area contributed by atoms with Gasteiger partial charge in [-0.15, -0.1) is 12.4 Å². The van der Waals surface area contributed by atoms with Gasteiger partial charge in [-0.3, -0.25) is 4.79 Å². The third-order valence-electron chi connectivity index (χ3n) is 3.12. The molecule has 2 aliphatic heterocycles. The third-order valence-corrected chi connectivity index (χ3v) is 3.12. The number of carbonyl (C=O) groups excluding carboxylic acids is 1. The molecule has 1 atom stereocenters. The summed E-state index contributed by atoms with van der Waals surface area (Å²) in [4.78, 5) is 13.9. The van der Waals surface area contributed by atoms with Crippen LogP contribution in [0.2, 0.25) is 0 Å². The first kappa shape index (κ1) is 13.7. The molecule has 94 valence electrons. The maximum atomic E-state index is 11.9.